The number of anilines is 1. The van der Waals surface area contributed by atoms with Crippen molar-refractivity contribution in [3.05, 3.63) is 110 Å². The zero-order valence-corrected chi connectivity index (χ0v) is 22.7. The summed E-state index contributed by atoms with van der Waals surface area (Å²) in [5, 5.41) is 21.1. The number of carbonyl (C=O) groups excluding carboxylic acids is 2. The van der Waals surface area contributed by atoms with E-state index in [-0.39, 0.29) is 21.5 Å². The van der Waals surface area contributed by atoms with E-state index in [0.717, 1.165) is 5.56 Å². The van der Waals surface area contributed by atoms with Crippen molar-refractivity contribution in [3.63, 3.8) is 0 Å². The van der Waals surface area contributed by atoms with E-state index < -0.39 is 17.7 Å². The van der Waals surface area contributed by atoms with Crippen LogP contribution in [0.2, 0.25) is 15.1 Å². The Bertz CT molecular complexity index is 1530. The van der Waals surface area contributed by atoms with Gasteiger partial charge in [-0.25, -0.2) is 0 Å². The molecule has 0 radical (unpaired) electrons. The molecule has 1 fully saturated rings. The molecular weight excluding hydrogens is 573 g/mol. The number of nitrogens with zero attached hydrogens (tertiary/aromatic N) is 3. The van der Waals surface area contributed by atoms with Crippen molar-refractivity contribution in [2.24, 2.45) is 0 Å². The fourth-order valence-electron chi connectivity index (χ4n) is 3.88. The first kappa shape index (κ1) is 25.8. The second-order valence-electron chi connectivity index (χ2n) is 7.97. The number of benzene rings is 3. The molecule has 1 aromatic heterocycles. The number of hydrogen-bond donors (Lipinski definition) is 1. The number of aromatic nitrogens is 2. The SMILES string of the molecule is O=C1C(=O)N(c2nnc(SCc3ccc(Cl)cc3)s2)C(c2ccc(Cl)cc2Cl)/C1=C(/O)c1ccccc1. The van der Waals surface area contributed by atoms with Gasteiger partial charge in [-0.15, -0.1) is 10.2 Å². The minimum absolute atomic E-state index is 0.0917. The zero-order chi connectivity index (χ0) is 26.1. The summed E-state index contributed by atoms with van der Waals surface area (Å²) in [6, 6.07) is 19.7. The third-order valence-corrected chi connectivity index (χ3v) is 8.57. The Morgan fingerprint density at radius 2 is 1.65 bits per heavy atom. The lowest BCUT2D eigenvalue weighted by Gasteiger charge is -2.23. The molecule has 1 unspecified atom stereocenters. The number of aliphatic hydroxyl groups is 1. The van der Waals surface area contributed by atoms with Crippen LogP contribution in [0.15, 0.2) is 82.7 Å². The fraction of sp³-hybridized carbons (Fsp3) is 0.0769. The molecule has 11 heteroatoms. The number of ketones is 1. The van der Waals surface area contributed by atoms with Gasteiger partial charge in [-0.3, -0.25) is 14.5 Å². The highest BCUT2D eigenvalue weighted by molar-refractivity contribution is 8.00. The van der Waals surface area contributed by atoms with Gasteiger partial charge in [0.15, 0.2) is 4.34 Å². The summed E-state index contributed by atoms with van der Waals surface area (Å²) in [5.74, 6) is -1.37. The molecule has 4 aromatic rings. The second kappa shape index (κ2) is 10.8. The van der Waals surface area contributed by atoms with Crippen LogP contribution < -0.4 is 4.90 Å². The number of Topliss-reactive ketones (excluding diaryl/α,β-unsaturated/α-hetero) is 1. The summed E-state index contributed by atoms with van der Waals surface area (Å²) in [7, 11) is 0. The van der Waals surface area contributed by atoms with Gasteiger partial charge in [-0.05, 0) is 35.4 Å². The summed E-state index contributed by atoms with van der Waals surface area (Å²) < 4.78 is 0.607. The van der Waals surface area contributed by atoms with Gasteiger partial charge < -0.3 is 5.11 Å². The Balaban J connectivity index is 1.55. The van der Waals surface area contributed by atoms with Crippen molar-refractivity contribution in [1.82, 2.24) is 10.2 Å². The lowest BCUT2D eigenvalue weighted by Crippen LogP contribution is -2.29. The Labute approximate surface area is 235 Å². The number of rotatable bonds is 6. The standard InChI is InChI=1S/C26H16Cl3N3O3S2/c27-16-8-6-14(7-9-16)13-36-26-31-30-25(37-26)32-21(18-11-10-17(28)12-19(18)29)20(23(34)24(32)35)22(33)15-4-2-1-3-5-15/h1-12,21,33H,13H2/b22-20-. The fourth-order valence-corrected chi connectivity index (χ4v) is 6.34. The van der Waals surface area contributed by atoms with E-state index in [9.17, 15) is 14.7 Å². The highest BCUT2D eigenvalue weighted by Gasteiger charge is 2.49. The number of thioether (sulfide) groups is 1. The summed E-state index contributed by atoms with van der Waals surface area (Å²) in [6.07, 6.45) is 0. The maximum Gasteiger partial charge on any atom is 0.301 e. The molecule has 1 N–H and O–H groups in total. The zero-order valence-electron chi connectivity index (χ0n) is 18.8. The Morgan fingerprint density at radius 1 is 0.946 bits per heavy atom. The number of halogens is 3. The van der Waals surface area contributed by atoms with Crippen LogP contribution in [0.5, 0.6) is 0 Å². The summed E-state index contributed by atoms with van der Waals surface area (Å²) in [4.78, 5) is 27.8. The first-order valence-corrected chi connectivity index (χ1v) is 13.8. The molecule has 1 saturated heterocycles. The predicted octanol–water partition coefficient (Wildman–Crippen LogP) is 7.42. The average molecular weight is 589 g/mol. The summed E-state index contributed by atoms with van der Waals surface area (Å²) >= 11 is 21.2. The molecule has 1 atom stereocenters. The molecule has 3 aromatic carbocycles. The summed E-state index contributed by atoms with van der Waals surface area (Å²) in [5.41, 5.74) is 1.77. The van der Waals surface area contributed by atoms with E-state index in [1.165, 1.54) is 34.1 Å². The monoisotopic (exact) mass is 587 g/mol. The van der Waals surface area contributed by atoms with E-state index in [1.54, 1.807) is 42.5 Å². The molecule has 0 spiro atoms. The van der Waals surface area contributed by atoms with Crippen LogP contribution in [0.3, 0.4) is 0 Å². The van der Waals surface area contributed by atoms with Gasteiger partial charge in [0.05, 0.1) is 11.6 Å². The molecule has 186 valence electrons. The van der Waals surface area contributed by atoms with E-state index >= 15 is 0 Å². The summed E-state index contributed by atoms with van der Waals surface area (Å²) in [6.45, 7) is 0. The van der Waals surface area contributed by atoms with Gasteiger partial charge in [-0.2, -0.15) is 0 Å². The molecular formula is C26H16Cl3N3O3S2. The minimum atomic E-state index is -1.02. The second-order valence-corrected chi connectivity index (χ2v) is 11.4. The lowest BCUT2D eigenvalue weighted by molar-refractivity contribution is -0.132. The molecule has 2 heterocycles. The maximum absolute atomic E-state index is 13.3. The first-order chi connectivity index (χ1) is 17.8. The molecule has 1 amide bonds. The smallest absolute Gasteiger partial charge is 0.301 e. The van der Waals surface area contributed by atoms with Crippen molar-refractivity contribution in [3.8, 4) is 0 Å². The molecule has 0 aliphatic carbocycles. The number of carbonyl (C=O) groups is 2. The molecule has 1 aliphatic heterocycles. The van der Waals surface area contributed by atoms with Crippen LogP contribution >= 0.6 is 57.9 Å². The number of hydrogen-bond acceptors (Lipinski definition) is 7. The molecule has 0 saturated carbocycles. The van der Waals surface area contributed by atoms with E-state index in [4.69, 9.17) is 34.8 Å². The van der Waals surface area contributed by atoms with Crippen molar-refractivity contribution in [2.45, 2.75) is 16.1 Å². The van der Waals surface area contributed by atoms with Crippen LogP contribution in [-0.4, -0.2) is 27.0 Å². The van der Waals surface area contributed by atoms with E-state index in [1.807, 2.05) is 24.3 Å². The van der Waals surface area contributed by atoms with Gasteiger partial charge in [0.1, 0.15) is 5.76 Å². The molecule has 5 rings (SSSR count). The van der Waals surface area contributed by atoms with Crippen LogP contribution in [0.1, 0.15) is 22.7 Å². The van der Waals surface area contributed by atoms with Crippen molar-refractivity contribution in [2.75, 3.05) is 4.90 Å². The molecule has 0 bridgehead atoms. The van der Waals surface area contributed by atoms with E-state index in [0.29, 0.717) is 31.3 Å². The van der Waals surface area contributed by atoms with Crippen LogP contribution in [0, 0.1) is 0 Å². The Morgan fingerprint density at radius 3 is 2.35 bits per heavy atom. The van der Waals surface area contributed by atoms with Crippen LogP contribution in [0.4, 0.5) is 5.13 Å². The Kier molecular flexibility index (Phi) is 7.55. The van der Waals surface area contributed by atoms with E-state index in [2.05, 4.69) is 10.2 Å². The number of aliphatic hydroxyl groups excluding tert-OH is 1. The van der Waals surface area contributed by atoms with Crippen LogP contribution in [-0.2, 0) is 15.3 Å². The van der Waals surface area contributed by atoms with Gasteiger partial charge >= 0.3 is 5.91 Å². The van der Waals surface area contributed by atoms with Crippen molar-refractivity contribution in [1.29, 1.82) is 0 Å². The van der Waals surface area contributed by atoms with Gasteiger partial charge in [0, 0.05) is 26.4 Å². The van der Waals surface area contributed by atoms with Crippen LogP contribution in [0.25, 0.3) is 5.76 Å². The molecule has 37 heavy (non-hydrogen) atoms. The van der Waals surface area contributed by atoms with Gasteiger partial charge in [0.25, 0.3) is 5.78 Å². The molecule has 6 nitrogen and oxygen atoms in total. The third kappa shape index (κ3) is 5.26. The molecule has 1 aliphatic rings. The topological polar surface area (TPSA) is 83.4 Å². The maximum atomic E-state index is 13.3. The van der Waals surface area contributed by atoms with Gasteiger partial charge in [-0.1, -0.05) is 106 Å². The third-order valence-electron chi connectivity index (χ3n) is 5.63. The quantitative estimate of drug-likeness (QED) is 0.0830. The van der Waals surface area contributed by atoms with Gasteiger partial charge in [0.2, 0.25) is 5.13 Å². The predicted molar refractivity (Wildman–Crippen MR) is 149 cm³/mol. The highest BCUT2D eigenvalue weighted by Crippen LogP contribution is 2.46. The normalized spacial score (nSPS) is 16.9. The Hall–Kier alpha value is -2.88. The lowest BCUT2D eigenvalue weighted by atomic mass is 9.95. The van der Waals surface area contributed by atoms with Crippen molar-refractivity contribution >= 4 is 80.5 Å². The van der Waals surface area contributed by atoms with Crippen molar-refractivity contribution < 1.29 is 14.7 Å². The highest BCUT2D eigenvalue weighted by atomic mass is 35.5. The first-order valence-electron chi connectivity index (χ1n) is 10.9. The average Bonchev–Trinajstić information content (AvgIpc) is 3.46. The minimum Gasteiger partial charge on any atom is -0.507 e. The largest absolute Gasteiger partial charge is 0.507 e. The number of amides is 1.